The van der Waals surface area contributed by atoms with Gasteiger partial charge in [0.1, 0.15) is 0 Å². The highest BCUT2D eigenvalue weighted by Crippen LogP contribution is 2.43. The van der Waals surface area contributed by atoms with Crippen LogP contribution >= 0.6 is 0 Å². The molecular weight excluding hydrogens is 204 g/mol. The van der Waals surface area contributed by atoms with Gasteiger partial charge in [-0.05, 0) is 42.9 Å². The van der Waals surface area contributed by atoms with Crippen LogP contribution in [0.25, 0.3) is 0 Å². The minimum atomic E-state index is 1.06. The van der Waals surface area contributed by atoms with Crippen LogP contribution in [-0.2, 0) is 0 Å². The van der Waals surface area contributed by atoms with Gasteiger partial charge in [-0.2, -0.15) is 0 Å². The van der Waals surface area contributed by atoms with Crippen LogP contribution in [0, 0.1) is 23.7 Å². The van der Waals surface area contributed by atoms with E-state index in [1.54, 1.807) is 44.9 Å². The fourth-order valence-corrected chi connectivity index (χ4v) is 4.08. The van der Waals surface area contributed by atoms with Crippen molar-refractivity contribution in [1.29, 1.82) is 0 Å². The van der Waals surface area contributed by atoms with Gasteiger partial charge in [-0.25, -0.2) is 0 Å². The molecule has 0 radical (unpaired) electrons. The lowest BCUT2D eigenvalue weighted by Crippen LogP contribution is -2.22. The molecule has 2 saturated carbocycles. The van der Waals surface area contributed by atoms with E-state index in [-0.39, 0.29) is 0 Å². The Bertz CT molecular complexity index is 190. The molecule has 0 unspecified atom stereocenters. The molecule has 0 spiro atoms. The normalized spacial score (nSPS) is 29.8. The molecule has 17 heavy (non-hydrogen) atoms. The zero-order chi connectivity index (χ0) is 12.1. The highest BCUT2D eigenvalue weighted by molar-refractivity contribution is 4.82. The average Bonchev–Trinajstić information content (AvgIpc) is 3.14. The summed E-state index contributed by atoms with van der Waals surface area (Å²) in [6.45, 7) is 4.72. The van der Waals surface area contributed by atoms with Gasteiger partial charge >= 0.3 is 0 Å². The van der Waals surface area contributed by atoms with Gasteiger partial charge in [0, 0.05) is 0 Å². The Balaban J connectivity index is 1.71. The van der Waals surface area contributed by atoms with Crippen LogP contribution < -0.4 is 0 Å². The molecule has 2 aliphatic carbocycles. The summed E-state index contributed by atoms with van der Waals surface area (Å²) in [4.78, 5) is 0. The molecule has 0 aliphatic heterocycles. The summed E-state index contributed by atoms with van der Waals surface area (Å²) in [5.74, 6) is 4.42. The van der Waals surface area contributed by atoms with E-state index < -0.39 is 0 Å². The Morgan fingerprint density at radius 2 is 1.24 bits per heavy atom. The highest BCUT2D eigenvalue weighted by atomic mass is 14.4. The third-order valence-corrected chi connectivity index (χ3v) is 5.24. The molecule has 0 heterocycles. The molecule has 0 N–H and O–H groups in total. The van der Waals surface area contributed by atoms with Gasteiger partial charge in [-0.15, -0.1) is 0 Å². The zero-order valence-electron chi connectivity index (χ0n) is 12.1. The number of hydrogen-bond donors (Lipinski definition) is 0. The fraction of sp³-hybridized carbons (Fsp3) is 1.00. The molecule has 0 nitrogen and oxygen atoms in total. The molecule has 0 aromatic rings. The van der Waals surface area contributed by atoms with E-state index in [4.69, 9.17) is 0 Å². The van der Waals surface area contributed by atoms with Crippen LogP contribution in [0.4, 0.5) is 0 Å². The fourth-order valence-electron chi connectivity index (χ4n) is 4.08. The predicted molar refractivity (Wildman–Crippen MR) is 76.1 cm³/mol. The smallest absolute Gasteiger partial charge is 0.0386 e. The second-order valence-electron chi connectivity index (χ2n) is 6.80. The first-order chi connectivity index (χ1) is 8.33. The summed E-state index contributed by atoms with van der Waals surface area (Å²) in [6, 6.07) is 0. The van der Waals surface area contributed by atoms with E-state index in [0.717, 1.165) is 23.7 Å². The number of rotatable bonds is 7. The zero-order valence-corrected chi connectivity index (χ0v) is 12.1. The van der Waals surface area contributed by atoms with Crippen LogP contribution in [0.15, 0.2) is 0 Å². The Labute approximate surface area is 109 Å². The molecule has 2 rings (SSSR count). The third-order valence-electron chi connectivity index (χ3n) is 5.24. The Hall–Kier alpha value is 0. The summed E-state index contributed by atoms with van der Waals surface area (Å²) in [5, 5.41) is 0. The summed E-state index contributed by atoms with van der Waals surface area (Å²) >= 11 is 0. The van der Waals surface area contributed by atoms with E-state index in [9.17, 15) is 0 Å². The molecule has 2 fully saturated rings. The molecule has 0 aromatic carbocycles. The lowest BCUT2D eigenvalue weighted by atomic mass is 9.72. The molecular formula is C17H32. The van der Waals surface area contributed by atoms with Crippen molar-refractivity contribution in [3.8, 4) is 0 Å². The molecule has 0 bridgehead atoms. The van der Waals surface area contributed by atoms with Crippen molar-refractivity contribution in [2.24, 2.45) is 23.7 Å². The molecule has 100 valence electrons. The molecule has 2 aliphatic rings. The van der Waals surface area contributed by atoms with Gasteiger partial charge in [0.2, 0.25) is 0 Å². The Morgan fingerprint density at radius 3 is 1.65 bits per heavy atom. The summed E-state index contributed by atoms with van der Waals surface area (Å²) < 4.78 is 0. The van der Waals surface area contributed by atoms with Crippen molar-refractivity contribution in [3.05, 3.63) is 0 Å². The third kappa shape index (κ3) is 4.30. The van der Waals surface area contributed by atoms with E-state index >= 15 is 0 Å². The van der Waals surface area contributed by atoms with Gasteiger partial charge in [-0.3, -0.25) is 0 Å². The predicted octanol–water partition coefficient (Wildman–Crippen LogP) is 5.81. The Kier molecular flexibility index (Phi) is 5.38. The first kappa shape index (κ1) is 13.4. The molecule has 0 heteroatoms. The van der Waals surface area contributed by atoms with Gasteiger partial charge in [0.05, 0.1) is 0 Å². The van der Waals surface area contributed by atoms with Crippen LogP contribution in [0.3, 0.4) is 0 Å². The van der Waals surface area contributed by atoms with Crippen molar-refractivity contribution in [3.63, 3.8) is 0 Å². The summed E-state index contributed by atoms with van der Waals surface area (Å²) in [7, 11) is 0. The molecule has 0 atom stereocenters. The Morgan fingerprint density at radius 1 is 0.765 bits per heavy atom. The van der Waals surface area contributed by atoms with Crippen LogP contribution in [0.5, 0.6) is 0 Å². The van der Waals surface area contributed by atoms with Crippen LogP contribution in [-0.4, -0.2) is 0 Å². The van der Waals surface area contributed by atoms with E-state index in [1.165, 1.54) is 25.7 Å². The largest absolute Gasteiger partial charge is 0.0654 e. The van der Waals surface area contributed by atoms with Gasteiger partial charge in [0.15, 0.2) is 0 Å². The van der Waals surface area contributed by atoms with Gasteiger partial charge < -0.3 is 0 Å². The van der Waals surface area contributed by atoms with Gasteiger partial charge in [0.25, 0.3) is 0 Å². The van der Waals surface area contributed by atoms with Crippen molar-refractivity contribution < 1.29 is 0 Å². The van der Waals surface area contributed by atoms with Crippen molar-refractivity contribution >= 4 is 0 Å². The topological polar surface area (TPSA) is 0 Å². The van der Waals surface area contributed by atoms with E-state index in [2.05, 4.69) is 13.8 Å². The first-order valence-electron chi connectivity index (χ1n) is 8.33. The van der Waals surface area contributed by atoms with E-state index in [0.29, 0.717) is 0 Å². The quantitative estimate of drug-likeness (QED) is 0.523. The van der Waals surface area contributed by atoms with Gasteiger partial charge in [-0.1, -0.05) is 65.2 Å². The van der Waals surface area contributed by atoms with Crippen molar-refractivity contribution in [1.82, 2.24) is 0 Å². The minimum absolute atomic E-state index is 1.06. The second-order valence-corrected chi connectivity index (χ2v) is 6.80. The van der Waals surface area contributed by atoms with E-state index in [1.807, 2.05) is 0 Å². The summed E-state index contributed by atoms with van der Waals surface area (Å²) in [5.41, 5.74) is 0. The average molecular weight is 236 g/mol. The number of hydrogen-bond acceptors (Lipinski definition) is 0. The molecule has 0 saturated heterocycles. The maximum absolute atomic E-state index is 2.36. The monoisotopic (exact) mass is 236 g/mol. The van der Waals surface area contributed by atoms with Crippen molar-refractivity contribution in [2.75, 3.05) is 0 Å². The summed E-state index contributed by atoms with van der Waals surface area (Å²) in [6.07, 6.45) is 16.7. The lowest BCUT2D eigenvalue weighted by Gasteiger charge is -2.34. The minimum Gasteiger partial charge on any atom is -0.0654 e. The molecule has 0 amide bonds. The standard InChI is InChI=1S/C17H32/c1-3-5-16(6-4-2)17-11-9-15(10-12-17)13-14-7-8-14/h14-17H,3-13H2,1-2H3. The first-order valence-corrected chi connectivity index (χ1v) is 8.33. The highest BCUT2D eigenvalue weighted by Gasteiger charge is 2.30. The maximum atomic E-state index is 2.36. The lowest BCUT2D eigenvalue weighted by molar-refractivity contribution is 0.177. The maximum Gasteiger partial charge on any atom is -0.0386 e. The molecule has 0 aromatic heterocycles. The van der Waals surface area contributed by atoms with Crippen LogP contribution in [0.2, 0.25) is 0 Å². The SMILES string of the molecule is CCCC(CCC)C1CCC(CC2CC2)CC1. The second kappa shape index (κ2) is 6.81. The van der Waals surface area contributed by atoms with Crippen molar-refractivity contribution in [2.45, 2.75) is 84.5 Å². The van der Waals surface area contributed by atoms with Crippen LogP contribution in [0.1, 0.15) is 84.5 Å².